The highest BCUT2D eigenvalue weighted by Crippen LogP contribution is 2.35. The zero-order valence-corrected chi connectivity index (χ0v) is 9.23. The van der Waals surface area contributed by atoms with E-state index in [1.807, 2.05) is 0 Å². The smallest absolute Gasteiger partial charge is 0.394 e. The normalized spacial score (nSPS) is 13.9. The summed E-state index contributed by atoms with van der Waals surface area (Å²) in [5.74, 6) is 0. The Kier molecular flexibility index (Phi) is 4.18. The Labute approximate surface area is 96.0 Å². The number of halogens is 4. The number of hydrogen-bond donors (Lipinski definition) is 2. The molecular weight excluding hydrogens is 243 g/mol. The summed E-state index contributed by atoms with van der Waals surface area (Å²) in [5.41, 5.74) is -0.353. The molecule has 16 heavy (non-hydrogen) atoms. The molecule has 0 spiro atoms. The number of hydrogen-bond acceptors (Lipinski definition) is 2. The van der Waals surface area contributed by atoms with E-state index in [4.69, 9.17) is 16.7 Å². The fraction of sp³-hybridized carbons (Fsp3) is 0.400. The lowest BCUT2D eigenvalue weighted by atomic mass is 10.1. The molecule has 0 aliphatic heterocycles. The van der Waals surface area contributed by atoms with Crippen LogP contribution in [0.1, 0.15) is 17.2 Å². The third-order valence-electron chi connectivity index (χ3n) is 2.23. The second kappa shape index (κ2) is 5.03. The Hall–Kier alpha value is -0.780. The zero-order valence-electron chi connectivity index (χ0n) is 8.48. The number of alkyl halides is 3. The van der Waals surface area contributed by atoms with Crippen LogP contribution in [-0.4, -0.2) is 18.8 Å². The SMILES string of the molecule is CN[C@H](CO)c1ccc(C(F)(F)F)c(Cl)c1. The Morgan fingerprint density at radius 3 is 2.44 bits per heavy atom. The van der Waals surface area contributed by atoms with E-state index >= 15 is 0 Å². The Morgan fingerprint density at radius 1 is 1.44 bits per heavy atom. The van der Waals surface area contributed by atoms with Crippen LogP contribution in [0, 0.1) is 0 Å². The van der Waals surface area contributed by atoms with Crippen molar-refractivity contribution in [3.8, 4) is 0 Å². The van der Waals surface area contributed by atoms with Crippen molar-refractivity contribution in [2.45, 2.75) is 12.2 Å². The van der Waals surface area contributed by atoms with Crippen LogP contribution in [-0.2, 0) is 6.18 Å². The monoisotopic (exact) mass is 253 g/mol. The lowest BCUT2D eigenvalue weighted by molar-refractivity contribution is -0.137. The summed E-state index contributed by atoms with van der Waals surface area (Å²) < 4.78 is 37.2. The van der Waals surface area contributed by atoms with Gasteiger partial charge in [0.15, 0.2) is 0 Å². The summed E-state index contributed by atoms with van der Waals surface area (Å²) >= 11 is 5.54. The summed E-state index contributed by atoms with van der Waals surface area (Å²) in [4.78, 5) is 0. The number of aliphatic hydroxyl groups excluding tert-OH is 1. The van der Waals surface area contributed by atoms with Crippen molar-refractivity contribution in [3.05, 3.63) is 34.3 Å². The molecule has 0 aromatic heterocycles. The van der Waals surface area contributed by atoms with E-state index < -0.39 is 17.8 Å². The van der Waals surface area contributed by atoms with Crippen molar-refractivity contribution in [3.63, 3.8) is 0 Å². The van der Waals surface area contributed by atoms with Gasteiger partial charge in [-0.05, 0) is 24.7 Å². The third kappa shape index (κ3) is 2.87. The van der Waals surface area contributed by atoms with Gasteiger partial charge in [-0.25, -0.2) is 0 Å². The van der Waals surface area contributed by atoms with Crippen LogP contribution in [0.3, 0.4) is 0 Å². The zero-order chi connectivity index (χ0) is 12.3. The summed E-state index contributed by atoms with van der Waals surface area (Å²) in [6.45, 7) is -0.210. The molecule has 2 N–H and O–H groups in total. The Morgan fingerprint density at radius 2 is 2.06 bits per heavy atom. The van der Waals surface area contributed by atoms with E-state index in [9.17, 15) is 13.2 Å². The molecule has 0 unspecified atom stereocenters. The second-order valence-corrected chi connectivity index (χ2v) is 3.67. The first-order valence-electron chi connectivity index (χ1n) is 4.55. The van der Waals surface area contributed by atoms with Gasteiger partial charge >= 0.3 is 6.18 Å². The Balaban J connectivity index is 3.08. The van der Waals surface area contributed by atoms with Crippen molar-refractivity contribution in [1.29, 1.82) is 0 Å². The molecule has 2 nitrogen and oxygen atoms in total. The minimum absolute atomic E-state index is 0.210. The molecular formula is C10H11ClF3NO. The van der Waals surface area contributed by atoms with Gasteiger partial charge in [-0.15, -0.1) is 0 Å². The van der Waals surface area contributed by atoms with Gasteiger partial charge in [0.05, 0.1) is 23.2 Å². The van der Waals surface area contributed by atoms with Crippen molar-refractivity contribution < 1.29 is 18.3 Å². The van der Waals surface area contributed by atoms with E-state index in [-0.39, 0.29) is 11.6 Å². The van der Waals surface area contributed by atoms with Gasteiger partial charge < -0.3 is 10.4 Å². The van der Waals surface area contributed by atoms with E-state index in [0.29, 0.717) is 5.56 Å². The maximum absolute atomic E-state index is 12.4. The average Bonchev–Trinajstić information content (AvgIpc) is 2.17. The highest BCUT2D eigenvalue weighted by molar-refractivity contribution is 6.31. The van der Waals surface area contributed by atoms with Crippen molar-refractivity contribution in [2.24, 2.45) is 0 Å². The van der Waals surface area contributed by atoms with Gasteiger partial charge in [-0.2, -0.15) is 13.2 Å². The second-order valence-electron chi connectivity index (χ2n) is 3.26. The fourth-order valence-electron chi connectivity index (χ4n) is 1.34. The molecule has 1 rings (SSSR count). The largest absolute Gasteiger partial charge is 0.417 e. The highest BCUT2D eigenvalue weighted by atomic mass is 35.5. The minimum Gasteiger partial charge on any atom is -0.394 e. The quantitative estimate of drug-likeness (QED) is 0.868. The summed E-state index contributed by atoms with van der Waals surface area (Å²) in [5, 5.41) is 11.4. The number of rotatable bonds is 3. The van der Waals surface area contributed by atoms with Crippen molar-refractivity contribution >= 4 is 11.6 Å². The molecule has 0 amide bonds. The lowest BCUT2D eigenvalue weighted by Crippen LogP contribution is -2.20. The molecule has 0 fully saturated rings. The van der Waals surface area contributed by atoms with Gasteiger partial charge in [-0.1, -0.05) is 17.7 Å². The van der Waals surface area contributed by atoms with Crippen LogP contribution in [0.5, 0.6) is 0 Å². The molecule has 1 aromatic carbocycles. The summed E-state index contributed by atoms with van der Waals surface area (Å²) in [6.07, 6.45) is -4.45. The molecule has 0 saturated carbocycles. The number of likely N-dealkylation sites (N-methyl/N-ethyl adjacent to an activating group) is 1. The van der Waals surface area contributed by atoms with Crippen LogP contribution >= 0.6 is 11.6 Å². The van der Waals surface area contributed by atoms with Crippen LogP contribution in [0.15, 0.2) is 18.2 Å². The van der Waals surface area contributed by atoms with Gasteiger partial charge in [0, 0.05) is 0 Å². The first kappa shape index (κ1) is 13.3. The predicted molar refractivity (Wildman–Crippen MR) is 55.3 cm³/mol. The molecule has 6 heteroatoms. The molecule has 0 aliphatic rings. The van der Waals surface area contributed by atoms with Crippen molar-refractivity contribution in [1.82, 2.24) is 5.32 Å². The molecule has 90 valence electrons. The molecule has 0 bridgehead atoms. The van der Waals surface area contributed by atoms with E-state index in [1.165, 1.54) is 12.1 Å². The lowest BCUT2D eigenvalue weighted by Gasteiger charge is -2.16. The van der Waals surface area contributed by atoms with Crippen LogP contribution in [0.25, 0.3) is 0 Å². The van der Waals surface area contributed by atoms with Gasteiger partial charge in [-0.3, -0.25) is 0 Å². The molecule has 0 saturated heterocycles. The van der Waals surface area contributed by atoms with E-state index in [2.05, 4.69) is 5.32 Å². The number of benzene rings is 1. The van der Waals surface area contributed by atoms with Crippen molar-refractivity contribution in [2.75, 3.05) is 13.7 Å². The standard InChI is InChI=1S/C10H11ClF3NO/c1-15-9(5-16)6-2-3-7(8(11)4-6)10(12,13)14/h2-4,9,15-16H,5H2,1H3/t9-/m1/s1. The molecule has 0 radical (unpaired) electrons. The topological polar surface area (TPSA) is 32.3 Å². The van der Waals surface area contributed by atoms with Gasteiger partial charge in [0.2, 0.25) is 0 Å². The van der Waals surface area contributed by atoms with E-state index in [1.54, 1.807) is 7.05 Å². The predicted octanol–water partition coefficient (Wildman–Crippen LogP) is 2.61. The summed E-state index contributed by atoms with van der Waals surface area (Å²) in [7, 11) is 1.60. The van der Waals surface area contributed by atoms with Gasteiger partial charge in [0.1, 0.15) is 0 Å². The van der Waals surface area contributed by atoms with Crippen LogP contribution in [0.2, 0.25) is 5.02 Å². The first-order chi connectivity index (χ1) is 7.40. The molecule has 1 atom stereocenters. The number of aliphatic hydroxyl groups is 1. The highest BCUT2D eigenvalue weighted by Gasteiger charge is 2.33. The Bertz CT molecular complexity index is 364. The van der Waals surface area contributed by atoms with E-state index in [0.717, 1.165) is 6.07 Å². The first-order valence-corrected chi connectivity index (χ1v) is 4.92. The summed E-state index contributed by atoms with van der Waals surface area (Å²) in [6, 6.07) is 3.01. The molecule has 1 aromatic rings. The number of nitrogens with one attached hydrogen (secondary N) is 1. The minimum atomic E-state index is -4.45. The molecule has 0 heterocycles. The fourth-order valence-corrected chi connectivity index (χ4v) is 1.64. The molecule has 0 aliphatic carbocycles. The third-order valence-corrected chi connectivity index (χ3v) is 2.54. The van der Waals surface area contributed by atoms with Gasteiger partial charge in [0.25, 0.3) is 0 Å². The average molecular weight is 254 g/mol. The van der Waals surface area contributed by atoms with Crippen LogP contribution in [0.4, 0.5) is 13.2 Å². The van der Waals surface area contributed by atoms with Crippen LogP contribution < -0.4 is 5.32 Å². The maximum atomic E-state index is 12.4. The maximum Gasteiger partial charge on any atom is 0.417 e.